The molecule has 45 heavy (non-hydrogen) atoms. The van der Waals surface area contributed by atoms with Gasteiger partial charge >= 0.3 is 0 Å². The highest BCUT2D eigenvalue weighted by Crippen LogP contribution is 2.49. The molecular formula is C44H26S. The number of rotatable bonds is 3. The smallest absolute Gasteiger partial charge is 0.0361 e. The fourth-order valence-corrected chi connectivity index (χ4v) is 8.87. The molecule has 10 aromatic rings. The predicted molar refractivity (Wildman–Crippen MR) is 197 cm³/mol. The summed E-state index contributed by atoms with van der Waals surface area (Å²) >= 11 is 1.90. The molecule has 0 aliphatic heterocycles. The van der Waals surface area contributed by atoms with E-state index in [0.717, 1.165) is 0 Å². The van der Waals surface area contributed by atoms with Gasteiger partial charge in [0.25, 0.3) is 0 Å². The first-order valence-corrected chi connectivity index (χ1v) is 16.3. The molecule has 0 nitrogen and oxygen atoms in total. The second kappa shape index (κ2) is 9.50. The lowest BCUT2D eigenvalue weighted by Crippen LogP contribution is -1.92. The van der Waals surface area contributed by atoms with Crippen LogP contribution in [-0.2, 0) is 0 Å². The van der Waals surface area contributed by atoms with E-state index in [1.807, 2.05) is 11.3 Å². The van der Waals surface area contributed by atoms with E-state index in [1.54, 1.807) is 0 Å². The maximum Gasteiger partial charge on any atom is 0.0361 e. The second-order valence-corrected chi connectivity index (χ2v) is 13.1. The van der Waals surface area contributed by atoms with Crippen LogP contribution in [0.5, 0.6) is 0 Å². The minimum Gasteiger partial charge on any atom is -0.135 e. The number of hydrogen-bond acceptors (Lipinski definition) is 1. The van der Waals surface area contributed by atoms with Gasteiger partial charge in [-0.3, -0.25) is 0 Å². The Hall–Kier alpha value is -5.50. The van der Waals surface area contributed by atoms with Crippen molar-refractivity contribution in [3.05, 3.63) is 158 Å². The lowest BCUT2D eigenvalue weighted by atomic mass is 9.83. The van der Waals surface area contributed by atoms with Crippen molar-refractivity contribution in [1.82, 2.24) is 0 Å². The highest BCUT2D eigenvalue weighted by Gasteiger charge is 2.21. The average molecular weight is 587 g/mol. The Kier molecular flexibility index (Phi) is 5.25. The van der Waals surface area contributed by atoms with Gasteiger partial charge in [0.05, 0.1) is 0 Å². The van der Waals surface area contributed by atoms with Gasteiger partial charge in [-0.05, 0) is 94.7 Å². The SMILES string of the molecule is c1ccc2c(-c3ccc(-c4c5ccccc5c(-c5cc6cccc7sc8cccc5c8c67)c5ccccc45)cc3)cccc2c1. The third-order valence-electron chi connectivity index (χ3n) is 9.62. The highest BCUT2D eigenvalue weighted by molar-refractivity contribution is 7.26. The number of benzene rings is 9. The molecule has 0 bridgehead atoms. The monoisotopic (exact) mass is 586 g/mol. The van der Waals surface area contributed by atoms with Gasteiger partial charge in [-0.25, -0.2) is 0 Å². The predicted octanol–water partition coefficient (Wildman–Crippen LogP) is 13.1. The summed E-state index contributed by atoms with van der Waals surface area (Å²) in [5.74, 6) is 0. The molecule has 1 heteroatoms. The summed E-state index contributed by atoms with van der Waals surface area (Å²) in [6, 6.07) is 58.4. The molecule has 1 heterocycles. The molecule has 9 aromatic carbocycles. The number of fused-ring (bicyclic) bond motifs is 3. The van der Waals surface area contributed by atoms with Crippen molar-refractivity contribution in [3.63, 3.8) is 0 Å². The van der Waals surface area contributed by atoms with Crippen LogP contribution in [-0.4, -0.2) is 0 Å². The van der Waals surface area contributed by atoms with E-state index in [2.05, 4.69) is 158 Å². The van der Waals surface area contributed by atoms with E-state index in [-0.39, 0.29) is 0 Å². The quantitative estimate of drug-likeness (QED) is 0.143. The molecule has 0 saturated carbocycles. The molecule has 0 unspecified atom stereocenters. The topological polar surface area (TPSA) is 0 Å². The van der Waals surface area contributed by atoms with Crippen LogP contribution >= 0.6 is 11.3 Å². The van der Waals surface area contributed by atoms with E-state index in [4.69, 9.17) is 0 Å². The molecule has 0 atom stereocenters. The summed E-state index contributed by atoms with van der Waals surface area (Å²) in [4.78, 5) is 0. The first-order chi connectivity index (χ1) is 22.3. The Morgan fingerprint density at radius 1 is 0.311 bits per heavy atom. The Morgan fingerprint density at radius 3 is 1.56 bits per heavy atom. The first-order valence-electron chi connectivity index (χ1n) is 15.5. The van der Waals surface area contributed by atoms with Crippen molar-refractivity contribution in [2.24, 2.45) is 0 Å². The zero-order chi connectivity index (χ0) is 29.5. The summed E-state index contributed by atoms with van der Waals surface area (Å²) in [7, 11) is 0. The van der Waals surface area contributed by atoms with Crippen LogP contribution in [0.3, 0.4) is 0 Å². The van der Waals surface area contributed by atoms with Crippen molar-refractivity contribution in [3.8, 4) is 33.4 Å². The van der Waals surface area contributed by atoms with E-state index in [9.17, 15) is 0 Å². The summed E-state index contributed by atoms with van der Waals surface area (Å²) in [5.41, 5.74) is 7.67. The van der Waals surface area contributed by atoms with Crippen LogP contribution in [0.25, 0.3) is 96.6 Å². The van der Waals surface area contributed by atoms with Crippen molar-refractivity contribution in [1.29, 1.82) is 0 Å². The van der Waals surface area contributed by atoms with Crippen molar-refractivity contribution >= 4 is 74.6 Å². The van der Waals surface area contributed by atoms with Gasteiger partial charge in [0.1, 0.15) is 0 Å². The second-order valence-electron chi connectivity index (χ2n) is 12.0. The lowest BCUT2D eigenvalue weighted by Gasteiger charge is -2.19. The van der Waals surface area contributed by atoms with Gasteiger partial charge in [0.15, 0.2) is 0 Å². The number of thiophene rings is 1. The molecule has 0 spiro atoms. The van der Waals surface area contributed by atoms with Gasteiger partial charge in [-0.15, -0.1) is 11.3 Å². The molecule has 0 fully saturated rings. The average Bonchev–Trinajstić information content (AvgIpc) is 3.50. The Bertz CT molecular complexity index is 2680. The molecule has 1 aromatic heterocycles. The Balaban J connectivity index is 1.25. The van der Waals surface area contributed by atoms with Crippen LogP contribution in [0.15, 0.2) is 158 Å². The molecule has 0 amide bonds. The van der Waals surface area contributed by atoms with E-state index in [0.29, 0.717) is 0 Å². The maximum atomic E-state index is 2.43. The molecule has 0 N–H and O–H groups in total. The lowest BCUT2D eigenvalue weighted by molar-refractivity contribution is 1.63. The van der Waals surface area contributed by atoms with Gasteiger partial charge in [-0.2, -0.15) is 0 Å². The molecule has 10 rings (SSSR count). The van der Waals surface area contributed by atoms with Crippen LogP contribution < -0.4 is 0 Å². The minimum atomic E-state index is 1.24. The molecular weight excluding hydrogens is 561 g/mol. The van der Waals surface area contributed by atoms with Gasteiger partial charge < -0.3 is 0 Å². The highest BCUT2D eigenvalue weighted by atomic mass is 32.1. The number of hydrogen-bond donors (Lipinski definition) is 0. The van der Waals surface area contributed by atoms with Gasteiger partial charge in [0.2, 0.25) is 0 Å². The van der Waals surface area contributed by atoms with Crippen molar-refractivity contribution in [2.75, 3.05) is 0 Å². The normalized spacial score (nSPS) is 12.0. The van der Waals surface area contributed by atoms with Gasteiger partial charge in [-0.1, -0.05) is 140 Å². The maximum absolute atomic E-state index is 2.43. The zero-order valence-corrected chi connectivity index (χ0v) is 25.2. The minimum absolute atomic E-state index is 1.24. The van der Waals surface area contributed by atoms with E-state index >= 15 is 0 Å². The first kappa shape index (κ1) is 24.9. The van der Waals surface area contributed by atoms with Crippen molar-refractivity contribution < 1.29 is 0 Å². The van der Waals surface area contributed by atoms with E-state index < -0.39 is 0 Å². The fourth-order valence-electron chi connectivity index (χ4n) is 7.70. The summed E-state index contributed by atoms with van der Waals surface area (Å²) in [6.07, 6.45) is 0. The molecule has 0 saturated heterocycles. The van der Waals surface area contributed by atoms with Crippen LogP contribution in [0, 0.1) is 0 Å². The van der Waals surface area contributed by atoms with Crippen LogP contribution in [0.2, 0.25) is 0 Å². The van der Waals surface area contributed by atoms with Gasteiger partial charge in [0, 0.05) is 20.2 Å². The Morgan fingerprint density at radius 2 is 0.822 bits per heavy atom. The third-order valence-corrected chi connectivity index (χ3v) is 10.7. The molecule has 0 aliphatic carbocycles. The standard InChI is InChI=1S/C44H26S/c1-2-13-31-27(10-1)11-7-18-32(31)28-22-24-29(25-23-28)41-33-14-3-5-16-35(33)43(36-17-6-4-15-34(36)41)38-26-30-12-8-20-39-42(30)44-37(38)19-9-21-40(44)45-39/h1-26H. The fraction of sp³-hybridized carbons (Fsp3) is 0. The van der Waals surface area contributed by atoms with Crippen LogP contribution in [0.1, 0.15) is 0 Å². The Labute approximate surface area is 264 Å². The molecule has 208 valence electrons. The zero-order valence-electron chi connectivity index (χ0n) is 24.4. The summed E-state index contributed by atoms with van der Waals surface area (Å²) in [5, 5.41) is 13.1. The van der Waals surface area contributed by atoms with Crippen molar-refractivity contribution in [2.45, 2.75) is 0 Å². The van der Waals surface area contributed by atoms with E-state index in [1.165, 1.54) is 96.6 Å². The molecule has 0 aliphatic rings. The summed E-state index contributed by atoms with van der Waals surface area (Å²) < 4.78 is 2.72. The third kappa shape index (κ3) is 3.59. The van der Waals surface area contributed by atoms with Crippen LogP contribution in [0.4, 0.5) is 0 Å². The summed E-state index contributed by atoms with van der Waals surface area (Å²) in [6.45, 7) is 0. The molecule has 0 radical (unpaired) electrons. The largest absolute Gasteiger partial charge is 0.135 e.